The number of ether oxygens (including phenoxy) is 2. The van der Waals surface area contributed by atoms with Gasteiger partial charge in [-0.05, 0) is 55.0 Å². The first kappa shape index (κ1) is 22.5. The molecule has 35 heavy (non-hydrogen) atoms. The number of sulfonamides is 1. The largest absolute Gasteiger partial charge is 0.454 e. The molecule has 2 N–H and O–H groups in total. The van der Waals surface area contributed by atoms with Gasteiger partial charge in [-0.15, -0.1) is 0 Å². The van der Waals surface area contributed by atoms with Crippen LogP contribution in [0.3, 0.4) is 0 Å². The van der Waals surface area contributed by atoms with E-state index in [1.54, 1.807) is 36.8 Å². The van der Waals surface area contributed by atoms with Crippen LogP contribution in [0.2, 0.25) is 0 Å². The fraction of sp³-hybridized carbons (Fsp3) is 0.120. The number of carbonyl (C=O) groups is 1. The summed E-state index contributed by atoms with van der Waals surface area (Å²) in [6.07, 6.45) is 5.26. The molecule has 0 spiro atoms. The van der Waals surface area contributed by atoms with Gasteiger partial charge in [0.2, 0.25) is 6.79 Å². The second-order valence-electron chi connectivity index (χ2n) is 7.96. The van der Waals surface area contributed by atoms with Gasteiger partial charge in [-0.1, -0.05) is 18.2 Å². The number of nitrogens with one attached hydrogen (secondary N) is 2. The van der Waals surface area contributed by atoms with E-state index in [0.717, 1.165) is 11.3 Å². The fourth-order valence-electron chi connectivity index (χ4n) is 3.69. The zero-order chi connectivity index (χ0) is 24.4. The standard InChI is InChI=1S/C25H22N4O5S/c1-17(18-5-8-21(9-6-18)29-12-11-26-15-29)27-25(30)19-3-2-4-22(13-19)35(31,32)28-20-7-10-23-24(14-20)34-16-33-23/h2-15,17,28H,16H2,1H3,(H,27,30). The zero-order valence-electron chi connectivity index (χ0n) is 18.7. The highest BCUT2D eigenvalue weighted by Crippen LogP contribution is 2.34. The van der Waals surface area contributed by atoms with Crippen molar-refractivity contribution in [3.63, 3.8) is 0 Å². The maximum atomic E-state index is 12.9. The van der Waals surface area contributed by atoms with Crippen LogP contribution < -0.4 is 19.5 Å². The normalized spacial score (nSPS) is 13.3. The van der Waals surface area contributed by atoms with Gasteiger partial charge in [0, 0.05) is 29.7 Å². The lowest BCUT2D eigenvalue weighted by atomic mass is 10.1. The second kappa shape index (κ2) is 9.15. The van der Waals surface area contributed by atoms with Gasteiger partial charge in [-0.25, -0.2) is 13.4 Å². The molecule has 1 aliphatic rings. The van der Waals surface area contributed by atoms with E-state index in [-0.39, 0.29) is 29.2 Å². The molecule has 1 unspecified atom stereocenters. The topological polar surface area (TPSA) is 112 Å². The molecule has 1 atom stereocenters. The van der Waals surface area contributed by atoms with Crippen LogP contribution in [0.4, 0.5) is 5.69 Å². The highest BCUT2D eigenvalue weighted by Gasteiger charge is 2.20. The number of benzene rings is 3. The van der Waals surface area contributed by atoms with Gasteiger partial charge >= 0.3 is 0 Å². The third-order valence-corrected chi connectivity index (χ3v) is 6.95. The minimum absolute atomic E-state index is 0.0276. The first-order valence-electron chi connectivity index (χ1n) is 10.8. The molecule has 0 bridgehead atoms. The molecule has 0 radical (unpaired) electrons. The van der Waals surface area contributed by atoms with Crippen molar-refractivity contribution >= 4 is 21.6 Å². The first-order valence-corrected chi connectivity index (χ1v) is 12.3. The molecule has 0 saturated heterocycles. The highest BCUT2D eigenvalue weighted by molar-refractivity contribution is 7.92. The minimum Gasteiger partial charge on any atom is -0.454 e. The lowest BCUT2D eigenvalue weighted by Gasteiger charge is -2.16. The number of hydrogen-bond donors (Lipinski definition) is 2. The number of anilines is 1. The van der Waals surface area contributed by atoms with Crippen molar-refractivity contribution in [3.8, 4) is 17.2 Å². The van der Waals surface area contributed by atoms with Gasteiger partial charge in [0.1, 0.15) is 0 Å². The van der Waals surface area contributed by atoms with Gasteiger partial charge in [-0.2, -0.15) is 0 Å². The van der Waals surface area contributed by atoms with E-state index in [1.807, 2.05) is 42.0 Å². The average Bonchev–Trinajstić information content (AvgIpc) is 3.56. The van der Waals surface area contributed by atoms with Crippen LogP contribution in [-0.2, 0) is 10.0 Å². The van der Waals surface area contributed by atoms with Crippen molar-refractivity contribution in [1.82, 2.24) is 14.9 Å². The minimum atomic E-state index is -3.93. The van der Waals surface area contributed by atoms with Crippen LogP contribution >= 0.6 is 0 Å². The molecule has 1 amide bonds. The summed E-state index contributed by atoms with van der Waals surface area (Å²) in [6.45, 7) is 1.96. The monoisotopic (exact) mass is 490 g/mol. The third-order valence-electron chi connectivity index (χ3n) is 5.57. The maximum absolute atomic E-state index is 12.9. The fourth-order valence-corrected chi connectivity index (χ4v) is 4.78. The van der Waals surface area contributed by atoms with Crippen molar-refractivity contribution in [3.05, 3.63) is 96.6 Å². The van der Waals surface area contributed by atoms with Crippen LogP contribution in [-0.4, -0.2) is 30.7 Å². The smallest absolute Gasteiger partial charge is 0.261 e. The van der Waals surface area contributed by atoms with E-state index >= 15 is 0 Å². The Labute approximate surface area is 202 Å². The third kappa shape index (κ3) is 4.82. The van der Waals surface area contributed by atoms with Crippen LogP contribution in [0.1, 0.15) is 28.9 Å². The number of carbonyl (C=O) groups excluding carboxylic acids is 1. The molecule has 3 aromatic carbocycles. The molecule has 1 aliphatic heterocycles. The van der Waals surface area contributed by atoms with E-state index in [0.29, 0.717) is 17.2 Å². The summed E-state index contributed by atoms with van der Waals surface area (Å²) >= 11 is 0. The Balaban J connectivity index is 1.28. The van der Waals surface area contributed by atoms with E-state index in [1.165, 1.54) is 18.2 Å². The number of nitrogens with zero attached hydrogens (tertiary/aromatic N) is 2. The summed E-state index contributed by atoms with van der Waals surface area (Å²) in [5, 5.41) is 2.92. The molecule has 2 heterocycles. The Morgan fingerprint density at radius 2 is 1.83 bits per heavy atom. The number of amides is 1. The molecule has 0 saturated carbocycles. The van der Waals surface area contributed by atoms with E-state index < -0.39 is 10.0 Å². The SMILES string of the molecule is CC(NC(=O)c1cccc(S(=O)(=O)Nc2ccc3c(c2)OCO3)c1)c1ccc(-n2ccnc2)cc1. The summed E-state index contributed by atoms with van der Waals surface area (Å²) in [5.74, 6) is 0.638. The van der Waals surface area contributed by atoms with Crippen LogP contribution in [0.25, 0.3) is 5.69 Å². The highest BCUT2D eigenvalue weighted by atomic mass is 32.2. The Hall–Kier alpha value is -4.31. The predicted molar refractivity (Wildman–Crippen MR) is 129 cm³/mol. The van der Waals surface area contributed by atoms with Crippen molar-refractivity contribution in [1.29, 1.82) is 0 Å². The summed E-state index contributed by atoms with van der Waals surface area (Å²) in [4.78, 5) is 16.9. The Morgan fingerprint density at radius 1 is 1.03 bits per heavy atom. The molecule has 0 aliphatic carbocycles. The lowest BCUT2D eigenvalue weighted by Crippen LogP contribution is -2.27. The summed E-state index contributed by atoms with van der Waals surface area (Å²) < 4.78 is 40.8. The average molecular weight is 491 g/mol. The Kier molecular flexibility index (Phi) is 5.87. The van der Waals surface area contributed by atoms with E-state index in [9.17, 15) is 13.2 Å². The zero-order valence-corrected chi connectivity index (χ0v) is 19.5. The lowest BCUT2D eigenvalue weighted by molar-refractivity contribution is 0.0939. The van der Waals surface area contributed by atoms with Crippen molar-refractivity contribution in [2.24, 2.45) is 0 Å². The maximum Gasteiger partial charge on any atom is 0.261 e. The number of hydrogen-bond acceptors (Lipinski definition) is 6. The van der Waals surface area contributed by atoms with Crippen molar-refractivity contribution in [2.45, 2.75) is 17.9 Å². The predicted octanol–water partition coefficient (Wildman–Crippen LogP) is 3.89. The number of imidazole rings is 1. The summed E-state index contributed by atoms with van der Waals surface area (Å²) in [6, 6.07) is 18.1. The molecule has 5 rings (SSSR count). The van der Waals surface area contributed by atoms with Crippen LogP contribution in [0.5, 0.6) is 11.5 Å². The first-order chi connectivity index (χ1) is 16.9. The van der Waals surface area contributed by atoms with Crippen molar-refractivity contribution in [2.75, 3.05) is 11.5 Å². The number of rotatable bonds is 7. The molecule has 9 nitrogen and oxygen atoms in total. The molecule has 0 fully saturated rings. The van der Waals surface area contributed by atoms with Gasteiger partial charge in [0.05, 0.1) is 23.0 Å². The van der Waals surface area contributed by atoms with E-state index in [2.05, 4.69) is 15.0 Å². The van der Waals surface area contributed by atoms with Crippen molar-refractivity contribution < 1.29 is 22.7 Å². The molecule has 10 heteroatoms. The van der Waals surface area contributed by atoms with Gasteiger partial charge < -0.3 is 19.4 Å². The Bertz CT molecular complexity index is 1470. The second-order valence-corrected chi connectivity index (χ2v) is 9.64. The quantitative estimate of drug-likeness (QED) is 0.407. The molecular formula is C25H22N4O5S. The summed E-state index contributed by atoms with van der Waals surface area (Å²) in [5.41, 5.74) is 2.44. The number of fused-ring (bicyclic) bond motifs is 1. The van der Waals surface area contributed by atoms with Gasteiger partial charge in [0.25, 0.3) is 15.9 Å². The Morgan fingerprint density at radius 3 is 2.60 bits per heavy atom. The van der Waals surface area contributed by atoms with E-state index in [4.69, 9.17) is 9.47 Å². The molecule has 1 aromatic heterocycles. The number of aromatic nitrogens is 2. The van der Waals surface area contributed by atoms with Gasteiger partial charge in [-0.3, -0.25) is 9.52 Å². The molecule has 4 aromatic rings. The van der Waals surface area contributed by atoms with Crippen LogP contribution in [0.15, 0.2) is 90.3 Å². The molecular weight excluding hydrogens is 468 g/mol. The van der Waals surface area contributed by atoms with Crippen LogP contribution in [0, 0.1) is 0 Å². The molecule has 178 valence electrons. The summed E-state index contributed by atoms with van der Waals surface area (Å²) in [7, 11) is -3.93. The van der Waals surface area contributed by atoms with Gasteiger partial charge in [0.15, 0.2) is 11.5 Å².